The average molecular weight is 219 g/mol. The van der Waals surface area contributed by atoms with E-state index in [9.17, 15) is 4.79 Å². The lowest BCUT2D eigenvalue weighted by Crippen LogP contribution is -2.25. The van der Waals surface area contributed by atoms with Gasteiger partial charge < -0.3 is 20.2 Å². The van der Waals surface area contributed by atoms with Gasteiger partial charge in [0.1, 0.15) is 0 Å². The molecule has 0 spiro atoms. The molecule has 0 bridgehead atoms. The van der Waals surface area contributed by atoms with E-state index in [-0.39, 0.29) is 13.2 Å². The summed E-state index contributed by atoms with van der Waals surface area (Å²) in [4.78, 5) is 11.7. The van der Waals surface area contributed by atoms with E-state index in [1.807, 2.05) is 11.9 Å². The molecule has 5 heteroatoms. The smallest absolute Gasteiger partial charge is 0.330 e. The third kappa shape index (κ3) is 13.1. The topological polar surface area (TPSA) is 81.0 Å². The Hall–Kier alpha value is -0.910. The van der Waals surface area contributed by atoms with Crippen LogP contribution in [0.4, 0.5) is 0 Å². The van der Waals surface area contributed by atoms with E-state index in [0.717, 1.165) is 0 Å². The molecule has 0 aromatic carbocycles. The van der Waals surface area contributed by atoms with E-state index in [2.05, 4.69) is 0 Å². The number of allylic oxidation sites excluding steroid dienone is 1. The highest BCUT2D eigenvalue weighted by molar-refractivity contribution is 5.85. The van der Waals surface area contributed by atoms with Gasteiger partial charge in [0, 0.05) is 18.7 Å². The number of aliphatic hydroxyl groups is 2. The minimum absolute atomic E-state index is 0.163. The van der Waals surface area contributed by atoms with Crippen molar-refractivity contribution in [3.8, 4) is 0 Å². The van der Waals surface area contributed by atoms with Crippen LogP contribution in [0.25, 0.3) is 0 Å². The van der Waals surface area contributed by atoms with Crippen molar-refractivity contribution in [2.45, 2.75) is 13.8 Å². The van der Waals surface area contributed by atoms with Crippen molar-refractivity contribution in [1.82, 2.24) is 4.90 Å². The van der Waals surface area contributed by atoms with Gasteiger partial charge in [-0.05, 0) is 20.9 Å². The zero-order chi connectivity index (χ0) is 12.3. The highest BCUT2D eigenvalue weighted by atomic mass is 16.4. The highest BCUT2D eigenvalue weighted by Crippen LogP contribution is 1.87. The van der Waals surface area contributed by atoms with Crippen molar-refractivity contribution in [3.05, 3.63) is 11.6 Å². The molecule has 0 aromatic rings. The summed E-state index contributed by atoms with van der Waals surface area (Å²) >= 11 is 0. The van der Waals surface area contributed by atoms with Crippen molar-refractivity contribution in [3.63, 3.8) is 0 Å². The number of carboxylic acids is 1. The number of rotatable bonds is 5. The third-order valence-corrected chi connectivity index (χ3v) is 1.73. The lowest BCUT2D eigenvalue weighted by atomic mass is 10.3. The Labute approximate surface area is 90.6 Å². The Bertz CT molecular complexity index is 186. The Morgan fingerprint density at radius 1 is 1.27 bits per heavy atom. The lowest BCUT2D eigenvalue weighted by Gasteiger charge is -2.11. The molecular formula is C10H21NO4. The Morgan fingerprint density at radius 2 is 1.67 bits per heavy atom. The van der Waals surface area contributed by atoms with Gasteiger partial charge in [-0.15, -0.1) is 0 Å². The third-order valence-electron chi connectivity index (χ3n) is 1.73. The molecule has 0 unspecified atom stereocenters. The van der Waals surface area contributed by atoms with Gasteiger partial charge in [0.05, 0.1) is 13.2 Å². The molecule has 0 aliphatic carbocycles. The molecule has 3 N–H and O–H groups in total. The molecule has 0 aliphatic heterocycles. The summed E-state index contributed by atoms with van der Waals surface area (Å²) in [6.45, 7) is 4.86. The van der Waals surface area contributed by atoms with Gasteiger partial charge in [-0.2, -0.15) is 0 Å². The molecule has 90 valence electrons. The number of carboxylic acid groups (broad SMARTS) is 1. The van der Waals surface area contributed by atoms with Crippen molar-refractivity contribution < 1.29 is 20.1 Å². The van der Waals surface area contributed by atoms with Crippen LogP contribution in [0.3, 0.4) is 0 Å². The van der Waals surface area contributed by atoms with Crippen LogP contribution in [0.1, 0.15) is 13.8 Å². The molecule has 0 saturated heterocycles. The summed E-state index contributed by atoms with van der Waals surface area (Å²) < 4.78 is 0. The predicted molar refractivity (Wildman–Crippen MR) is 58.7 cm³/mol. The maximum atomic E-state index is 9.86. The van der Waals surface area contributed by atoms with E-state index >= 15 is 0 Å². The molecule has 0 radical (unpaired) electrons. The van der Waals surface area contributed by atoms with Gasteiger partial charge in [-0.25, -0.2) is 4.79 Å². The zero-order valence-electron chi connectivity index (χ0n) is 9.60. The first-order valence-electron chi connectivity index (χ1n) is 4.76. The van der Waals surface area contributed by atoms with Crippen LogP contribution < -0.4 is 0 Å². The maximum absolute atomic E-state index is 9.86. The van der Waals surface area contributed by atoms with Crippen LogP contribution in [-0.4, -0.2) is 59.5 Å². The van der Waals surface area contributed by atoms with Gasteiger partial charge in [0.25, 0.3) is 0 Å². The number of hydrogen-bond donors (Lipinski definition) is 3. The fraction of sp³-hybridized carbons (Fsp3) is 0.700. The van der Waals surface area contributed by atoms with Gasteiger partial charge in [-0.3, -0.25) is 0 Å². The summed E-state index contributed by atoms with van der Waals surface area (Å²) in [5, 5.41) is 24.8. The second-order valence-electron chi connectivity index (χ2n) is 3.03. The van der Waals surface area contributed by atoms with Crippen molar-refractivity contribution >= 4 is 5.97 Å². The highest BCUT2D eigenvalue weighted by Gasteiger charge is 1.93. The van der Waals surface area contributed by atoms with E-state index in [4.69, 9.17) is 15.3 Å². The second kappa shape index (κ2) is 11.2. The molecule has 5 nitrogen and oxygen atoms in total. The van der Waals surface area contributed by atoms with Gasteiger partial charge >= 0.3 is 5.97 Å². The molecule has 0 saturated carbocycles. The molecule has 0 aliphatic rings. The molecule has 0 amide bonds. The monoisotopic (exact) mass is 219 g/mol. The van der Waals surface area contributed by atoms with Crippen LogP contribution in [0.2, 0.25) is 0 Å². The standard InChI is InChI=1S/C5H13NO2.C5H8O2/c1-6(2-4-7)3-5-8;1-3-4(2)5(6)7/h7-8H,2-5H2,1H3;3H,1-2H3,(H,6,7). The van der Waals surface area contributed by atoms with Crippen LogP contribution >= 0.6 is 0 Å². The normalized spacial score (nSPS) is 10.9. The van der Waals surface area contributed by atoms with Crippen LogP contribution in [0, 0.1) is 0 Å². The van der Waals surface area contributed by atoms with E-state index in [1.54, 1.807) is 19.9 Å². The number of aliphatic hydroxyl groups excluding tert-OH is 2. The number of likely N-dealkylation sites (N-methyl/N-ethyl adjacent to an activating group) is 1. The average Bonchev–Trinajstić information content (AvgIpc) is 2.18. The van der Waals surface area contributed by atoms with Crippen LogP contribution in [0.15, 0.2) is 11.6 Å². The minimum Gasteiger partial charge on any atom is -0.478 e. The van der Waals surface area contributed by atoms with Crippen molar-refractivity contribution in [1.29, 1.82) is 0 Å². The second-order valence-corrected chi connectivity index (χ2v) is 3.03. The van der Waals surface area contributed by atoms with E-state index < -0.39 is 5.97 Å². The summed E-state index contributed by atoms with van der Waals surface area (Å²) in [5.74, 6) is -0.845. The molecule has 0 aromatic heterocycles. The van der Waals surface area contributed by atoms with Gasteiger partial charge in [-0.1, -0.05) is 6.08 Å². The van der Waals surface area contributed by atoms with E-state index in [0.29, 0.717) is 18.7 Å². The summed E-state index contributed by atoms with van der Waals surface area (Å²) in [7, 11) is 1.85. The minimum atomic E-state index is -0.845. The first-order valence-corrected chi connectivity index (χ1v) is 4.76. The first-order chi connectivity index (χ1) is 6.99. The Balaban J connectivity index is 0. The van der Waals surface area contributed by atoms with Gasteiger partial charge in [0.15, 0.2) is 0 Å². The Kier molecular flexibility index (Phi) is 12.3. The van der Waals surface area contributed by atoms with Crippen LogP contribution in [-0.2, 0) is 4.79 Å². The molecular weight excluding hydrogens is 198 g/mol. The number of aliphatic carboxylic acids is 1. The molecule has 0 fully saturated rings. The fourth-order valence-corrected chi connectivity index (χ4v) is 0.577. The quantitative estimate of drug-likeness (QED) is 0.564. The van der Waals surface area contributed by atoms with Crippen molar-refractivity contribution in [2.75, 3.05) is 33.4 Å². The first kappa shape index (κ1) is 16.5. The Morgan fingerprint density at radius 3 is 1.80 bits per heavy atom. The van der Waals surface area contributed by atoms with Crippen molar-refractivity contribution in [2.24, 2.45) is 0 Å². The summed E-state index contributed by atoms with van der Waals surface area (Å²) in [6.07, 6.45) is 1.56. The maximum Gasteiger partial charge on any atom is 0.330 e. The number of hydrogen-bond acceptors (Lipinski definition) is 4. The SMILES string of the molecule is CC=C(C)C(=O)O.CN(CCO)CCO. The zero-order valence-corrected chi connectivity index (χ0v) is 9.60. The molecule has 0 atom stereocenters. The summed E-state index contributed by atoms with van der Waals surface area (Å²) in [5.41, 5.74) is 0.389. The molecule has 15 heavy (non-hydrogen) atoms. The summed E-state index contributed by atoms with van der Waals surface area (Å²) in [6, 6.07) is 0. The lowest BCUT2D eigenvalue weighted by molar-refractivity contribution is -0.132. The van der Waals surface area contributed by atoms with Gasteiger partial charge in [0.2, 0.25) is 0 Å². The molecule has 0 rings (SSSR count). The largest absolute Gasteiger partial charge is 0.478 e. The van der Waals surface area contributed by atoms with Crippen LogP contribution in [0.5, 0.6) is 0 Å². The molecule has 0 heterocycles. The number of carbonyl (C=O) groups is 1. The predicted octanol–water partition coefficient (Wildman–Crippen LogP) is -0.0600. The fourth-order valence-electron chi connectivity index (χ4n) is 0.577. The number of nitrogens with zero attached hydrogens (tertiary/aromatic N) is 1. The van der Waals surface area contributed by atoms with E-state index in [1.165, 1.54) is 0 Å².